The highest BCUT2D eigenvalue weighted by atomic mass is 16.3. The fraction of sp³-hybridized carbons (Fsp3) is 0.200. The van der Waals surface area contributed by atoms with Crippen molar-refractivity contribution in [3.8, 4) is 6.07 Å². The standard InChI is InChI=1S/C20H17N3O2/c21-11-14-18(12-5-2-1-3-6-12)19-15(23-20(14)22)9-13(10-16(19)24)17-7-4-8-25-17/h1-8,13,18,23H,9-10,22H2. The average Bonchev–Trinajstić information content (AvgIpc) is 3.16. The second-order valence-corrected chi connectivity index (χ2v) is 6.34. The summed E-state index contributed by atoms with van der Waals surface area (Å²) in [6.07, 6.45) is 2.63. The van der Waals surface area contributed by atoms with Crippen LogP contribution in [0.3, 0.4) is 0 Å². The first-order valence-electron chi connectivity index (χ1n) is 8.20. The quantitative estimate of drug-likeness (QED) is 0.882. The van der Waals surface area contributed by atoms with E-state index in [-0.39, 0.29) is 11.7 Å². The molecule has 0 saturated heterocycles. The number of nitriles is 1. The van der Waals surface area contributed by atoms with Crippen molar-refractivity contribution in [2.75, 3.05) is 0 Å². The van der Waals surface area contributed by atoms with Gasteiger partial charge in [0.25, 0.3) is 0 Å². The van der Waals surface area contributed by atoms with Crippen molar-refractivity contribution < 1.29 is 9.21 Å². The second kappa shape index (κ2) is 5.99. The van der Waals surface area contributed by atoms with Crippen LogP contribution in [0.25, 0.3) is 0 Å². The molecule has 25 heavy (non-hydrogen) atoms. The largest absolute Gasteiger partial charge is 0.469 e. The maximum Gasteiger partial charge on any atom is 0.162 e. The smallest absolute Gasteiger partial charge is 0.162 e. The van der Waals surface area contributed by atoms with Crippen molar-refractivity contribution in [2.24, 2.45) is 5.73 Å². The van der Waals surface area contributed by atoms with Crippen molar-refractivity contribution in [3.63, 3.8) is 0 Å². The molecule has 1 aliphatic heterocycles. The van der Waals surface area contributed by atoms with Gasteiger partial charge in [-0.15, -0.1) is 0 Å². The molecule has 2 heterocycles. The monoisotopic (exact) mass is 331 g/mol. The van der Waals surface area contributed by atoms with E-state index in [9.17, 15) is 10.1 Å². The number of benzene rings is 1. The average molecular weight is 331 g/mol. The number of allylic oxidation sites excluding steroid dienone is 3. The summed E-state index contributed by atoms with van der Waals surface area (Å²) in [6.45, 7) is 0. The van der Waals surface area contributed by atoms with Crippen molar-refractivity contribution in [1.82, 2.24) is 5.32 Å². The van der Waals surface area contributed by atoms with E-state index in [0.29, 0.717) is 29.8 Å². The summed E-state index contributed by atoms with van der Waals surface area (Å²) in [5.74, 6) is 0.730. The van der Waals surface area contributed by atoms with E-state index in [0.717, 1.165) is 17.0 Å². The van der Waals surface area contributed by atoms with Gasteiger partial charge >= 0.3 is 0 Å². The van der Waals surface area contributed by atoms with E-state index in [1.807, 2.05) is 42.5 Å². The van der Waals surface area contributed by atoms with Crippen LogP contribution >= 0.6 is 0 Å². The predicted octanol–water partition coefficient (Wildman–Crippen LogP) is 3.06. The third-order valence-corrected chi connectivity index (χ3v) is 4.86. The summed E-state index contributed by atoms with van der Waals surface area (Å²) in [7, 11) is 0. The van der Waals surface area contributed by atoms with Crippen LogP contribution in [0.1, 0.15) is 36.0 Å². The molecule has 2 unspecified atom stereocenters. The zero-order valence-corrected chi connectivity index (χ0v) is 13.5. The van der Waals surface area contributed by atoms with E-state index in [4.69, 9.17) is 10.2 Å². The molecule has 0 radical (unpaired) electrons. The normalized spacial score (nSPS) is 23.1. The molecule has 5 nitrogen and oxygen atoms in total. The van der Waals surface area contributed by atoms with Gasteiger partial charge in [0, 0.05) is 23.6 Å². The molecule has 2 aromatic rings. The molecule has 0 saturated carbocycles. The van der Waals surface area contributed by atoms with Crippen LogP contribution in [0.2, 0.25) is 0 Å². The van der Waals surface area contributed by atoms with Gasteiger partial charge in [-0.2, -0.15) is 5.26 Å². The minimum Gasteiger partial charge on any atom is -0.469 e. The highest BCUT2D eigenvalue weighted by Gasteiger charge is 2.39. The molecule has 3 N–H and O–H groups in total. The highest BCUT2D eigenvalue weighted by Crippen LogP contribution is 2.44. The number of furan rings is 1. The lowest BCUT2D eigenvalue weighted by atomic mass is 9.73. The van der Waals surface area contributed by atoms with E-state index < -0.39 is 5.92 Å². The molecule has 5 heteroatoms. The maximum absolute atomic E-state index is 13.0. The molecule has 1 aromatic heterocycles. The van der Waals surface area contributed by atoms with Crippen molar-refractivity contribution in [1.29, 1.82) is 5.26 Å². The number of carbonyl (C=O) groups excluding carboxylic acids is 1. The zero-order chi connectivity index (χ0) is 17.4. The molecule has 0 amide bonds. The van der Waals surface area contributed by atoms with Gasteiger partial charge in [-0.05, 0) is 24.1 Å². The number of nitrogens with two attached hydrogens (primary N) is 1. The Balaban J connectivity index is 1.80. The molecule has 0 fully saturated rings. The molecule has 4 rings (SSSR count). The van der Waals surface area contributed by atoms with Gasteiger partial charge in [-0.3, -0.25) is 4.79 Å². The van der Waals surface area contributed by atoms with E-state index in [1.54, 1.807) is 6.26 Å². The van der Waals surface area contributed by atoms with Crippen LogP contribution in [-0.2, 0) is 4.79 Å². The Morgan fingerprint density at radius 1 is 1.16 bits per heavy atom. The number of dihydropyridines is 1. The van der Waals surface area contributed by atoms with Gasteiger partial charge in [-0.1, -0.05) is 30.3 Å². The Kier molecular flexibility index (Phi) is 3.66. The molecule has 1 aromatic carbocycles. The number of hydrogen-bond acceptors (Lipinski definition) is 5. The van der Waals surface area contributed by atoms with E-state index >= 15 is 0 Å². The van der Waals surface area contributed by atoms with Gasteiger partial charge in [-0.25, -0.2) is 0 Å². The molecule has 0 bridgehead atoms. The van der Waals surface area contributed by atoms with Crippen molar-refractivity contribution in [2.45, 2.75) is 24.7 Å². The maximum atomic E-state index is 13.0. The SMILES string of the molecule is N#CC1=C(N)NC2=C(C(=O)CC(c3ccco3)C2)C1c1ccccc1. The van der Waals surface area contributed by atoms with Crippen LogP contribution < -0.4 is 11.1 Å². The van der Waals surface area contributed by atoms with Gasteiger partial charge in [0.2, 0.25) is 0 Å². The summed E-state index contributed by atoms with van der Waals surface area (Å²) in [6, 6.07) is 15.5. The number of hydrogen-bond donors (Lipinski definition) is 2. The molecule has 2 atom stereocenters. The number of ketones is 1. The lowest BCUT2D eigenvalue weighted by molar-refractivity contribution is -0.116. The zero-order valence-electron chi connectivity index (χ0n) is 13.5. The summed E-state index contributed by atoms with van der Waals surface area (Å²) in [5.41, 5.74) is 8.86. The fourth-order valence-corrected chi connectivity index (χ4v) is 3.74. The number of nitrogens with zero attached hydrogens (tertiary/aromatic N) is 1. The predicted molar refractivity (Wildman–Crippen MR) is 91.9 cm³/mol. The third kappa shape index (κ3) is 2.52. The summed E-state index contributed by atoms with van der Waals surface area (Å²) < 4.78 is 5.48. The minimum atomic E-state index is -0.410. The molecular formula is C20H17N3O2. The summed E-state index contributed by atoms with van der Waals surface area (Å²) >= 11 is 0. The Labute approximate surface area is 145 Å². The molecule has 1 aliphatic carbocycles. The third-order valence-electron chi connectivity index (χ3n) is 4.86. The second-order valence-electron chi connectivity index (χ2n) is 6.34. The lowest BCUT2D eigenvalue weighted by Crippen LogP contribution is -2.36. The van der Waals surface area contributed by atoms with Gasteiger partial charge in [0.1, 0.15) is 11.6 Å². The van der Waals surface area contributed by atoms with Gasteiger partial charge < -0.3 is 15.5 Å². The first-order chi connectivity index (χ1) is 12.2. The van der Waals surface area contributed by atoms with Crippen LogP contribution in [0.5, 0.6) is 0 Å². The Bertz CT molecular complexity index is 918. The van der Waals surface area contributed by atoms with Crippen LogP contribution in [0.15, 0.2) is 75.8 Å². The molecule has 124 valence electrons. The highest BCUT2D eigenvalue weighted by molar-refractivity contribution is 6.00. The Morgan fingerprint density at radius 2 is 1.96 bits per heavy atom. The molecular weight excluding hydrogens is 314 g/mol. The summed E-state index contributed by atoms with van der Waals surface area (Å²) in [5, 5.41) is 12.7. The van der Waals surface area contributed by atoms with Crippen molar-refractivity contribution >= 4 is 5.78 Å². The lowest BCUT2D eigenvalue weighted by Gasteiger charge is -2.34. The van der Waals surface area contributed by atoms with E-state index in [2.05, 4.69) is 11.4 Å². The first kappa shape index (κ1) is 15.3. The molecule has 2 aliphatic rings. The van der Waals surface area contributed by atoms with Crippen LogP contribution in [0, 0.1) is 11.3 Å². The number of Topliss-reactive ketones (excluding diaryl/α,β-unsaturated/α-hetero) is 1. The first-order valence-corrected chi connectivity index (χ1v) is 8.20. The fourth-order valence-electron chi connectivity index (χ4n) is 3.74. The molecule has 0 spiro atoms. The van der Waals surface area contributed by atoms with Gasteiger partial charge in [0.05, 0.1) is 23.8 Å². The number of nitrogens with one attached hydrogen (secondary N) is 1. The van der Waals surface area contributed by atoms with E-state index in [1.165, 1.54) is 0 Å². The topological polar surface area (TPSA) is 92.0 Å². The summed E-state index contributed by atoms with van der Waals surface area (Å²) in [4.78, 5) is 13.0. The van der Waals surface area contributed by atoms with Crippen molar-refractivity contribution in [3.05, 3.63) is 82.7 Å². The Hall–Kier alpha value is -3.26. The number of carbonyl (C=O) groups is 1. The Morgan fingerprint density at radius 3 is 2.64 bits per heavy atom. The minimum absolute atomic E-state index is 0.0124. The van der Waals surface area contributed by atoms with Crippen LogP contribution in [0.4, 0.5) is 0 Å². The van der Waals surface area contributed by atoms with Gasteiger partial charge in [0.15, 0.2) is 5.78 Å². The number of rotatable bonds is 2. The van der Waals surface area contributed by atoms with Crippen LogP contribution in [-0.4, -0.2) is 5.78 Å².